The lowest BCUT2D eigenvalue weighted by Crippen LogP contribution is -2.66. The van der Waals surface area contributed by atoms with E-state index in [0.29, 0.717) is 5.92 Å². The van der Waals surface area contributed by atoms with E-state index >= 15 is 0 Å². The van der Waals surface area contributed by atoms with E-state index in [1.54, 1.807) is 0 Å². The van der Waals surface area contributed by atoms with Crippen molar-refractivity contribution in [3.8, 4) is 0 Å². The smallest absolute Gasteiger partial charge is 0.407 e. The Morgan fingerprint density at radius 2 is 1.38 bits per heavy atom. The first kappa shape index (κ1) is 25.4. The minimum atomic E-state index is -2.48. The fourth-order valence-corrected chi connectivity index (χ4v) is 9.91. The Morgan fingerprint density at radius 3 is 1.79 bits per heavy atom. The Morgan fingerprint density at radius 1 is 0.882 bits per heavy atom. The molecule has 182 valence electrons. The van der Waals surface area contributed by atoms with Crippen molar-refractivity contribution in [1.29, 1.82) is 0 Å². The normalized spacial score (nSPS) is 22.5. The summed E-state index contributed by atoms with van der Waals surface area (Å²) in [7, 11) is -2.70. The first-order valence-corrected chi connectivity index (χ1v) is 14.7. The highest BCUT2D eigenvalue weighted by molar-refractivity contribution is 6.99. The fourth-order valence-electron chi connectivity index (χ4n) is 5.27. The fraction of sp³-hybridized carbons (Fsp3) is 0.517. The zero-order valence-electron chi connectivity index (χ0n) is 22.1. The summed E-state index contributed by atoms with van der Waals surface area (Å²) >= 11 is 0. The van der Waals surface area contributed by atoms with E-state index in [2.05, 4.69) is 115 Å². The van der Waals surface area contributed by atoms with Gasteiger partial charge in [0, 0.05) is 6.61 Å². The Labute approximate surface area is 208 Å². The predicted octanol–water partition coefficient (Wildman–Crippen LogP) is 5.92. The number of allylic oxidation sites excluding steroid dienone is 2. The monoisotopic (exact) mass is 476 g/mol. The topological polar surface area (TPSA) is 27.7 Å². The molecule has 34 heavy (non-hydrogen) atoms. The van der Waals surface area contributed by atoms with Gasteiger partial charge in [0.1, 0.15) is 0 Å². The van der Waals surface area contributed by atoms with Gasteiger partial charge in [-0.05, 0) is 73.8 Å². The van der Waals surface area contributed by atoms with Crippen LogP contribution < -0.4 is 10.4 Å². The van der Waals surface area contributed by atoms with Gasteiger partial charge in [0.05, 0.1) is 11.2 Å². The summed E-state index contributed by atoms with van der Waals surface area (Å²) in [6.45, 7) is 16.3. The largest absolute Gasteiger partial charge is 0.490 e. The first-order chi connectivity index (χ1) is 16.0. The van der Waals surface area contributed by atoms with Gasteiger partial charge < -0.3 is 13.7 Å². The lowest BCUT2D eigenvalue weighted by Gasteiger charge is -2.44. The van der Waals surface area contributed by atoms with Gasteiger partial charge in [0.15, 0.2) is 0 Å². The molecule has 1 unspecified atom stereocenters. The van der Waals surface area contributed by atoms with Crippen LogP contribution in [-0.2, 0) is 13.7 Å². The Hall–Kier alpha value is -1.66. The van der Waals surface area contributed by atoms with Crippen molar-refractivity contribution in [3.63, 3.8) is 0 Å². The van der Waals surface area contributed by atoms with E-state index in [1.165, 1.54) is 15.8 Å². The summed E-state index contributed by atoms with van der Waals surface area (Å²) in [5, 5.41) is 2.70. The lowest BCUT2D eigenvalue weighted by atomic mass is 9.71. The molecule has 0 bridgehead atoms. The molecule has 2 aromatic rings. The average Bonchev–Trinajstić information content (AvgIpc) is 3.02. The van der Waals surface area contributed by atoms with E-state index in [4.69, 9.17) is 13.7 Å². The van der Waals surface area contributed by atoms with Crippen LogP contribution in [0.5, 0.6) is 0 Å². The highest BCUT2D eigenvalue weighted by atomic mass is 28.4. The first-order valence-electron chi connectivity index (χ1n) is 12.8. The molecule has 0 aromatic heterocycles. The molecule has 1 atom stereocenters. The molecular weight excluding hydrogens is 435 g/mol. The summed E-state index contributed by atoms with van der Waals surface area (Å²) in [6.07, 6.45) is 5.47. The number of rotatable bonds is 6. The van der Waals surface area contributed by atoms with Gasteiger partial charge in [-0.1, -0.05) is 87.5 Å². The van der Waals surface area contributed by atoms with Crippen LogP contribution in [0.25, 0.3) is 0 Å². The molecule has 1 saturated heterocycles. The summed E-state index contributed by atoms with van der Waals surface area (Å²) in [4.78, 5) is 0. The zero-order chi connectivity index (χ0) is 24.6. The number of benzene rings is 2. The van der Waals surface area contributed by atoms with Crippen LogP contribution in [0.2, 0.25) is 5.04 Å². The molecule has 2 aromatic carbocycles. The second kappa shape index (κ2) is 9.42. The minimum absolute atomic E-state index is 0.00800. The third-order valence-corrected chi connectivity index (χ3v) is 13.1. The summed E-state index contributed by atoms with van der Waals surface area (Å²) in [6, 6.07) is 21.8. The van der Waals surface area contributed by atoms with Gasteiger partial charge in [-0.2, -0.15) is 0 Å². The number of hydrogen-bond donors (Lipinski definition) is 0. The van der Waals surface area contributed by atoms with Gasteiger partial charge in [0.25, 0.3) is 8.32 Å². The van der Waals surface area contributed by atoms with Crippen LogP contribution in [-0.4, -0.2) is 33.2 Å². The lowest BCUT2D eigenvalue weighted by molar-refractivity contribution is 0.00578. The van der Waals surface area contributed by atoms with E-state index in [1.807, 2.05) is 0 Å². The van der Waals surface area contributed by atoms with Crippen LogP contribution in [0.4, 0.5) is 0 Å². The van der Waals surface area contributed by atoms with Crippen molar-refractivity contribution in [2.24, 2.45) is 5.92 Å². The third kappa shape index (κ3) is 4.73. The molecule has 3 nitrogen and oxygen atoms in total. The summed E-state index contributed by atoms with van der Waals surface area (Å²) < 4.78 is 19.8. The maximum atomic E-state index is 7.18. The quantitative estimate of drug-likeness (QED) is 0.485. The van der Waals surface area contributed by atoms with E-state index in [-0.39, 0.29) is 23.4 Å². The molecule has 5 heteroatoms. The third-order valence-electron chi connectivity index (χ3n) is 8.06. The highest BCUT2D eigenvalue weighted by Gasteiger charge is 2.53. The molecule has 0 saturated carbocycles. The molecule has 1 aliphatic carbocycles. The van der Waals surface area contributed by atoms with Crippen molar-refractivity contribution < 1.29 is 13.7 Å². The van der Waals surface area contributed by atoms with Gasteiger partial charge in [-0.25, -0.2) is 0 Å². The highest BCUT2D eigenvalue weighted by Crippen LogP contribution is 2.41. The van der Waals surface area contributed by atoms with E-state index < -0.39 is 8.32 Å². The Balaban J connectivity index is 1.54. The van der Waals surface area contributed by atoms with Crippen molar-refractivity contribution in [2.45, 2.75) is 84.0 Å². The van der Waals surface area contributed by atoms with Crippen molar-refractivity contribution in [2.75, 3.05) is 6.61 Å². The van der Waals surface area contributed by atoms with Gasteiger partial charge >= 0.3 is 7.12 Å². The molecule has 2 aliphatic rings. The average molecular weight is 477 g/mol. The second-order valence-corrected chi connectivity index (χ2v) is 16.3. The van der Waals surface area contributed by atoms with Crippen molar-refractivity contribution in [1.82, 2.24) is 0 Å². The molecule has 0 amide bonds. The molecular formula is C29H41BO3Si. The van der Waals surface area contributed by atoms with Gasteiger partial charge in [-0.3, -0.25) is 0 Å². The molecule has 1 heterocycles. The van der Waals surface area contributed by atoms with E-state index in [9.17, 15) is 0 Å². The Kier molecular flexibility index (Phi) is 7.05. The van der Waals surface area contributed by atoms with Crippen LogP contribution >= 0.6 is 0 Å². The zero-order valence-corrected chi connectivity index (χ0v) is 23.1. The molecule has 0 spiro atoms. The standard InChI is InChI=1S/C29H41BO3Si/c1-27(2,3)34(25-14-10-8-11-15-25,26-16-12-9-13-17-26)31-22-23-18-20-24(21-19-23)30-32-28(4,5)29(6,7)33-30/h8-17,20,23H,18-19,21-22H2,1-7H3. The summed E-state index contributed by atoms with van der Waals surface area (Å²) in [5.41, 5.74) is 0.712. The molecule has 0 N–H and O–H groups in total. The maximum Gasteiger partial charge on any atom is 0.490 e. The van der Waals surface area contributed by atoms with Crippen molar-refractivity contribution in [3.05, 3.63) is 72.2 Å². The SMILES string of the molecule is CC1(C)OB(C2=CCC(CO[Si](c3ccccc3)(c3ccccc3)C(C)(C)C)CC2)OC1(C)C. The molecule has 1 aliphatic heterocycles. The van der Waals surface area contributed by atoms with Gasteiger partial charge in [0.2, 0.25) is 0 Å². The maximum absolute atomic E-state index is 7.18. The molecule has 4 rings (SSSR count). The van der Waals surface area contributed by atoms with E-state index in [0.717, 1.165) is 25.9 Å². The van der Waals surface area contributed by atoms with Crippen LogP contribution in [0.1, 0.15) is 67.7 Å². The number of hydrogen-bond acceptors (Lipinski definition) is 3. The van der Waals surface area contributed by atoms with Crippen LogP contribution in [0.15, 0.2) is 72.2 Å². The predicted molar refractivity (Wildman–Crippen MR) is 145 cm³/mol. The second-order valence-electron chi connectivity index (χ2n) is 12.0. The van der Waals surface area contributed by atoms with Gasteiger partial charge in [-0.15, -0.1) is 0 Å². The molecule has 0 radical (unpaired) electrons. The Bertz CT molecular complexity index is 940. The van der Waals surface area contributed by atoms with Crippen molar-refractivity contribution >= 4 is 25.8 Å². The summed E-state index contributed by atoms with van der Waals surface area (Å²) in [5.74, 6) is 0.507. The van der Waals surface area contributed by atoms with Crippen LogP contribution in [0.3, 0.4) is 0 Å². The minimum Gasteiger partial charge on any atom is -0.407 e. The molecule has 1 fully saturated rings. The van der Waals surface area contributed by atoms with Crippen LogP contribution in [0, 0.1) is 5.92 Å².